The quantitative estimate of drug-likeness (QED) is 0.801. The Labute approximate surface area is 124 Å². The molecule has 1 heterocycles. The van der Waals surface area contributed by atoms with E-state index in [0.29, 0.717) is 0 Å². The molecule has 0 radical (unpaired) electrons. The number of hydrogen-bond donors (Lipinski definition) is 2. The first-order valence-electron chi connectivity index (χ1n) is 7.13. The number of aliphatic hydroxyl groups is 1. The molecule has 0 spiro atoms. The first kappa shape index (κ1) is 15.7. The third-order valence-electron chi connectivity index (χ3n) is 4.15. The number of aryl methyl sites for hydroxylation is 2. The zero-order valence-corrected chi connectivity index (χ0v) is 13.0. The first-order valence-corrected chi connectivity index (χ1v) is 7.13. The highest BCUT2D eigenvalue weighted by molar-refractivity contribution is 5.92. The summed E-state index contributed by atoms with van der Waals surface area (Å²) in [6.45, 7) is 3.87. The van der Waals surface area contributed by atoms with Gasteiger partial charge in [-0.25, -0.2) is 0 Å². The minimum Gasteiger partial charge on any atom is -0.388 e. The van der Waals surface area contributed by atoms with Gasteiger partial charge in [0, 0.05) is 31.5 Å². The summed E-state index contributed by atoms with van der Waals surface area (Å²) < 4.78 is 6.96. The molecule has 116 valence electrons. The highest BCUT2D eigenvalue weighted by Gasteiger charge is 2.35. The Balaban J connectivity index is 1.97. The van der Waals surface area contributed by atoms with Crippen molar-refractivity contribution in [2.75, 3.05) is 7.11 Å². The fourth-order valence-corrected chi connectivity index (χ4v) is 2.78. The van der Waals surface area contributed by atoms with Crippen molar-refractivity contribution < 1.29 is 14.6 Å². The van der Waals surface area contributed by atoms with Gasteiger partial charge in [0.05, 0.1) is 17.8 Å². The fraction of sp³-hybridized carbons (Fsp3) is 0.600. The molecular formula is C15H23N3O3. The average molecular weight is 293 g/mol. The number of nitrogens with one attached hydrogen (secondary N) is 1. The van der Waals surface area contributed by atoms with Gasteiger partial charge in [0.15, 0.2) is 0 Å². The number of carbonyl (C=O) groups excluding carboxylic acids is 1. The normalized spacial score (nSPS) is 25.7. The van der Waals surface area contributed by atoms with Gasteiger partial charge in [-0.1, -0.05) is 0 Å². The Morgan fingerprint density at radius 2 is 2.19 bits per heavy atom. The molecule has 1 fully saturated rings. The Hall–Kier alpha value is -1.66. The maximum atomic E-state index is 12.0. The molecule has 1 aromatic rings. The summed E-state index contributed by atoms with van der Waals surface area (Å²) in [6, 6.07) is -0.247. The first-order chi connectivity index (χ1) is 9.93. The van der Waals surface area contributed by atoms with Crippen LogP contribution in [0.25, 0.3) is 6.08 Å². The van der Waals surface area contributed by atoms with E-state index < -0.39 is 6.10 Å². The monoisotopic (exact) mass is 293 g/mol. The van der Waals surface area contributed by atoms with E-state index in [0.717, 1.165) is 29.8 Å². The number of ether oxygens (including phenoxy) is 1. The van der Waals surface area contributed by atoms with Crippen molar-refractivity contribution in [1.82, 2.24) is 15.1 Å². The Morgan fingerprint density at radius 1 is 1.48 bits per heavy atom. The van der Waals surface area contributed by atoms with Crippen molar-refractivity contribution in [2.45, 2.75) is 44.9 Å². The zero-order chi connectivity index (χ0) is 15.6. The van der Waals surface area contributed by atoms with Crippen LogP contribution in [0.1, 0.15) is 29.8 Å². The van der Waals surface area contributed by atoms with Crippen molar-refractivity contribution in [2.24, 2.45) is 7.05 Å². The van der Waals surface area contributed by atoms with Gasteiger partial charge < -0.3 is 15.2 Å². The highest BCUT2D eigenvalue weighted by Crippen LogP contribution is 2.22. The van der Waals surface area contributed by atoms with E-state index in [1.54, 1.807) is 17.9 Å². The van der Waals surface area contributed by atoms with Crippen LogP contribution in [0.15, 0.2) is 6.08 Å². The van der Waals surface area contributed by atoms with Crippen molar-refractivity contribution in [3.05, 3.63) is 23.0 Å². The van der Waals surface area contributed by atoms with Crippen LogP contribution in [0.2, 0.25) is 0 Å². The lowest BCUT2D eigenvalue weighted by molar-refractivity contribution is -0.118. The zero-order valence-electron chi connectivity index (χ0n) is 13.0. The molecule has 21 heavy (non-hydrogen) atoms. The Morgan fingerprint density at radius 3 is 2.71 bits per heavy atom. The van der Waals surface area contributed by atoms with Gasteiger partial charge in [0.2, 0.25) is 5.91 Å². The predicted octanol–water partition coefficient (Wildman–Crippen LogP) is 0.705. The summed E-state index contributed by atoms with van der Waals surface area (Å²) in [5, 5.41) is 17.1. The number of nitrogens with zero attached hydrogens (tertiary/aromatic N) is 2. The molecular weight excluding hydrogens is 270 g/mol. The maximum Gasteiger partial charge on any atom is 0.244 e. The lowest BCUT2D eigenvalue weighted by Gasteiger charge is -2.18. The lowest BCUT2D eigenvalue weighted by Crippen LogP contribution is -2.42. The lowest BCUT2D eigenvalue weighted by atomic mass is 10.1. The molecule has 1 aliphatic carbocycles. The van der Waals surface area contributed by atoms with E-state index in [9.17, 15) is 9.90 Å². The third kappa shape index (κ3) is 3.33. The summed E-state index contributed by atoms with van der Waals surface area (Å²) in [5.41, 5.74) is 2.85. The topological polar surface area (TPSA) is 76.4 Å². The Bertz CT molecular complexity index is 551. The minimum absolute atomic E-state index is 0.193. The fourth-order valence-electron chi connectivity index (χ4n) is 2.78. The molecule has 6 nitrogen and oxygen atoms in total. The van der Waals surface area contributed by atoms with Crippen LogP contribution < -0.4 is 5.32 Å². The van der Waals surface area contributed by atoms with Gasteiger partial charge >= 0.3 is 0 Å². The smallest absolute Gasteiger partial charge is 0.244 e. The molecule has 2 rings (SSSR count). The number of hydrogen-bond acceptors (Lipinski definition) is 4. The van der Waals surface area contributed by atoms with E-state index in [1.807, 2.05) is 20.9 Å². The van der Waals surface area contributed by atoms with Crippen LogP contribution in [0.4, 0.5) is 0 Å². The van der Waals surface area contributed by atoms with Gasteiger partial charge in [-0.2, -0.15) is 5.10 Å². The van der Waals surface area contributed by atoms with Gasteiger partial charge in [0.25, 0.3) is 0 Å². The van der Waals surface area contributed by atoms with Crippen molar-refractivity contribution in [3.8, 4) is 0 Å². The summed E-state index contributed by atoms with van der Waals surface area (Å²) in [5.74, 6) is -0.210. The van der Waals surface area contributed by atoms with Crippen molar-refractivity contribution in [3.63, 3.8) is 0 Å². The SMILES string of the molecule is CO[C@@H]1CC[C@@H](NC(=O)/C=C/c2c(C)nn(C)c2C)[C@H]1O. The van der Waals surface area contributed by atoms with Crippen LogP contribution in [0.5, 0.6) is 0 Å². The molecule has 0 aliphatic heterocycles. The third-order valence-corrected chi connectivity index (χ3v) is 4.15. The summed E-state index contributed by atoms with van der Waals surface area (Å²) in [4.78, 5) is 12.0. The average Bonchev–Trinajstić information content (AvgIpc) is 2.90. The second-order valence-electron chi connectivity index (χ2n) is 5.50. The van der Waals surface area contributed by atoms with E-state index in [1.165, 1.54) is 6.08 Å². The molecule has 0 unspecified atom stereocenters. The molecule has 2 N–H and O–H groups in total. The van der Waals surface area contributed by atoms with E-state index in [2.05, 4.69) is 10.4 Å². The van der Waals surface area contributed by atoms with E-state index in [4.69, 9.17) is 4.74 Å². The van der Waals surface area contributed by atoms with Crippen LogP contribution in [-0.4, -0.2) is 46.2 Å². The Kier molecular flexibility index (Phi) is 4.80. The second-order valence-corrected chi connectivity index (χ2v) is 5.50. The maximum absolute atomic E-state index is 12.0. The van der Waals surface area contributed by atoms with Gasteiger partial charge in [-0.15, -0.1) is 0 Å². The predicted molar refractivity (Wildman–Crippen MR) is 79.7 cm³/mol. The van der Waals surface area contributed by atoms with E-state index >= 15 is 0 Å². The molecule has 0 aromatic carbocycles. The van der Waals surface area contributed by atoms with Gasteiger partial charge in [0.1, 0.15) is 6.10 Å². The number of carbonyl (C=O) groups is 1. The second kappa shape index (κ2) is 6.41. The highest BCUT2D eigenvalue weighted by atomic mass is 16.5. The molecule has 1 amide bonds. The summed E-state index contributed by atoms with van der Waals surface area (Å²) >= 11 is 0. The number of methoxy groups -OCH3 is 1. The molecule has 1 aliphatic rings. The van der Waals surface area contributed by atoms with Crippen molar-refractivity contribution >= 4 is 12.0 Å². The van der Waals surface area contributed by atoms with E-state index in [-0.39, 0.29) is 18.1 Å². The molecule has 1 aromatic heterocycles. The molecule has 0 saturated heterocycles. The molecule has 3 atom stereocenters. The minimum atomic E-state index is -0.644. The van der Waals surface area contributed by atoms with Gasteiger partial charge in [-0.05, 0) is 32.8 Å². The molecule has 6 heteroatoms. The van der Waals surface area contributed by atoms with Crippen molar-refractivity contribution in [1.29, 1.82) is 0 Å². The standard InChI is InChI=1S/C15H23N3O3/c1-9-11(10(2)18(3)17-9)5-8-14(19)16-12-6-7-13(21-4)15(12)20/h5,8,12-13,15,20H,6-7H2,1-4H3,(H,16,19)/b8-5+/t12-,13-,15-/m1/s1. The van der Waals surface area contributed by atoms with Crippen LogP contribution in [-0.2, 0) is 16.6 Å². The molecule has 0 bridgehead atoms. The summed E-state index contributed by atoms with van der Waals surface area (Å²) in [6.07, 6.45) is 3.90. The van der Waals surface area contributed by atoms with Crippen LogP contribution >= 0.6 is 0 Å². The summed E-state index contributed by atoms with van der Waals surface area (Å²) in [7, 11) is 3.45. The van der Waals surface area contributed by atoms with Crippen LogP contribution in [0.3, 0.4) is 0 Å². The van der Waals surface area contributed by atoms with Gasteiger partial charge in [-0.3, -0.25) is 9.48 Å². The number of aromatic nitrogens is 2. The number of aliphatic hydroxyl groups excluding tert-OH is 1. The number of amides is 1. The largest absolute Gasteiger partial charge is 0.388 e. The number of rotatable bonds is 4. The van der Waals surface area contributed by atoms with Crippen LogP contribution in [0, 0.1) is 13.8 Å². The molecule has 1 saturated carbocycles.